The number of rotatable bonds is 14. The summed E-state index contributed by atoms with van der Waals surface area (Å²) in [4.78, 5) is 54.7. The van der Waals surface area contributed by atoms with Gasteiger partial charge in [-0.05, 0) is 43.7 Å². The van der Waals surface area contributed by atoms with E-state index in [0.29, 0.717) is 12.1 Å². The smallest absolute Gasteiger partial charge is 0.329 e. The predicted molar refractivity (Wildman–Crippen MR) is 138 cm³/mol. The first-order chi connectivity index (χ1) is 17.1. The number of nitrogens with zero attached hydrogens (tertiary/aromatic N) is 1. The van der Waals surface area contributed by atoms with E-state index in [1.165, 1.54) is 30.0 Å². The van der Waals surface area contributed by atoms with Gasteiger partial charge in [0.25, 0.3) is 11.8 Å². The highest BCUT2D eigenvalue weighted by Gasteiger charge is 2.29. The zero-order valence-corrected chi connectivity index (χ0v) is 22.2. The minimum absolute atomic E-state index is 0.0755. The van der Waals surface area contributed by atoms with E-state index in [1.807, 2.05) is 13.2 Å². The van der Waals surface area contributed by atoms with E-state index < -0.39 is 42.3 Å². The molecule has 0 spiro atoms. The van der Waals surface area contributed by atoms with Gasteiger partial charge < -0.3 is 26.2 Å². The van der Waals surface area contributed by atoms with Gasteiger partial charge in [0, 0.05) is 11.4 Å². The van der Waals surface area contributed by atoms with Crippen molar-refractivity contribution in [3.05, 3.63) is 47.4 Å². The molecular formula is C25H36N4O6S. The molecule has 0 radical (unpaired) electrons. The number of hydrogen-bond acceptors (Lipinski definition) is 8. The van der Waals surface area contributed by atoms with Crippen LogP contribution in [0.1, 0.15) is 63.1 Å². The summed E-state index contributed by atoms with van der Waals surface area (Å²) in [6.45, 7) is 7.12. The number of hydrogen-bond donors (Lipinski definition) is 4. The largest absolute Gasteiger partial charge is 0.481 e. The number of unbranched alkanes of at least 4 members (excludes halogenated alkanes) is 1. The highest BCUT2D eigenvalue weighted by Crippen LogP contribution is 2.19. The number of carboxylic acids is 1. The van der Waals surface area contributed by atoms with Crippen molar-refractivity contribution in [2.75, 3.05) is 6.26 Å². The van der Waals surface area contributed by atoms with Crippen LogP contribution in [0, 0.1) is 5.92 Å². The molecule has 36 heavy (non-hydrogen) atoms. The molecule has 0 aliphatic heterocycles. The monoisotopic (exact) mass is 520 g/mol. The summed E-state index contributed by atoms with van der Waals surface area (Å²) in [5.41, 5.74) is 6.29. The molecule has 1 aromatic rings. The van der Waals surface area contributed by atoms with E-state index in [2.05, 4.69) is 15.6 Å². The molecule has 0 bridgehead atoms. The summed E-state index contributed by atoms with van der Waals surface area (Å²) in [7, 11) is 0. The number of carbonyl (C=O) groups excluding carboxylic acids is 3. The maximum atomic E-state index is 12.9. The lowest BCUT2D eigenvalue weighted by Gasteiger charge is -2.23. The molecule has 0 aromatic carbocycles. The summed E-state index contributed by atoms with van der Waals surface area (Å²) in [6, 6.07) is 2.20. The Bertz CT molecular complexity index is 993. The molecule has 1 heterocycles. The topological polar surface area (TPSA) is 161 Å². The molecule has 0 aliphatic rings. The van der Waals surface area contributed by atoms with Crippen LogP contribution in [0.15, 0.2) is 41.0 Å². The van der Waals surface area contributed by atoms with Gasteiger partial charge in [-0.1, -0.05) is 39.3 Å². The lowest BCUT2D eigenvalue weighted by Crippen LogP contribution is -2.48. The number of esters is 1. The van der Waals surface area contributed by atoms with Crippen LogP contribution in [0.25, 0.3) is 0 Å². The van der Waals surface area contributed by atoms with E-state index in [1.54, 1.807) is 32.9 Å². The minimum Gasteiger partial charge on any atom is -0.481 e. The number of thioether (sulfide) groups is 1. The first-order valence-corrected chi connectivity index (χ1v) is 12.9. The van der Waals surface area contributed by atoms with Crippen molar-refractivity contribution in [2.24, 2.45) is 11.7 Å². The molecule has 0 aliphatic carbocycles. The van der Waals surface area contributed by atoms with Crippen LogP contribution in [-0.4, -0.2) is 52.2 Å². The summed E-state index contributed by atoms with van der Waals surface area (Å²) in [6.07, 6.45) is 6.78. The fourth-order valence-electron chi connectivity index (χ4n) is 3.07. The fraction of sp³-hybridized carbons (Fsp3) is 0.480. The van der Waals surface area contributed by atoms with Crippen LogP contribution in [-0.2, 0) is 25.7 Å². The first kappa shape index (κ1) is 30.9. The molecule has 0 fully saturated rings. The van der Waals surface area contributed by atoms with Crippen LogP contribution in [0.3, 0.4) is 0 Å². The van der Waals surface area contributed by atoms with Crippen molar-refractivity contribution in [3.8, 4) is 0 Å². The highest BCUT2D eigenvalue weighted by molar-refractivity contribution is 7.98. The zero-order valence-electron chi connectivity index (χ0n) is 21.4. The number of pyridine rings is 1. The third-order valence-corrected chi connectivity index (χ3v) is 5.83. The van der Waals surface area contributed by atoms with Crippen LogP contribution in [0.5, 0.6) is 0 Å². The molecule has 11 heteroatoms. The van der Waals surface area contributed by atoms with E-state index in [4.69, 9.17) is 15.6 Å². The molecule has 0 unspecified atom stereocenters. The Morgan fingerprint density at radius 2 is 1.94 bits per heavy atom. The number of carboxylic acid groups (broad SMARTS) is 1. The van der Waals surface area contributed by atoms with Crippen LogP contribution < -0.4 is 16.4 Å². The molecule has 1 aromatic heterocycles. The van der Waals surface area contributed by atoms with Crippen molar-refractivity contribution >= 4 is 35.5 Å². The number of allylic oxidation sites excluding steroid dienone is 2. The van der Waals surface area contributed by atoms with E-state index in [9.17, 15) is 19.2 Å². The molecule has 2 amide bonds. The first-order valence-electron chi connectivity index (χ1n) is 11.7. The second-order valence-electron chi connectivity index (χ2n) is 8.19. The molecule has 198 valence electrons. The van der Waals surface area contributed by atoms with Gasteiger partial charge in [-0.25, -0.2) is 9.78 Å². The van der Waals surface area contributed by atoms with Gasteiger partial charge in [-0.3, -0.25) is 14.4 Å². The van der Waals surface area contributed by atoms with Crippen molar-refractivity contribution in [1.82, 2.24) is 15.6 Å². The minimum atomic E-state index is -1.12. The number of amides is 2. The number of ether oxygens (including phenoxy) is 1. The van der Waals surface area contributed by atoms with E-state index >= 15 is 0 Å². The van der Waals surface area contributed by atoms with Crippen molar-refractivity contribution in [1.29, 1.82) is 0 Å². The predicted octanol–water partition coefficient (Wildman–Crippen LogP) is 2.78. The van der Waals surface area contributed by atoms with Gasteiger partial charge in [0.1, 0.15) is 23.5 Å². The van der Waals surface area contributed by atoms with Crippen LogP contribution in [0.4, 0.5) is 0 Å². The molecule has 1 rings (SSSR count). The average molecular weight is 521 g/mol. The maximum Gasteiger partial charge on any atom is 0.329 e. The number of aliphatic carboxylic acids is 1. The second-order valence-corrected chi connectivity index (χ2v) is 9.04. The van der Waals surface area contributed by atoms with Gasteiger partial charge >= 0.3 is 11.9 Å². The normalized spacial score (nSPS) is 13.4. The lowest BCUT2D eigenvalue weighted by atomic mass is 10.0. The number of aromatic nitrogens is 1. The van der Waals surface area contributed by atoms with Crippen molar-refractivity contribution in [3.63, 3.8) is 0 Å². The molecule has 10 nitrogen and oxygen atoms in total. The van der Waals surface area contributed by atoms with E-state index in [0.717, 1.165) is 11.3 Å². The maximum absolute atomic E-state index is 12.9. The van der Waals surface area contributed by atoms with Gasteiger partial charge in [0.05, 0.1) is 12.1 Å². The average Bonchev–Trinajstić information content (AvgIpc) is 2.84. The fourth-order valence-corrected chi connectivity index (χ4v) is 3.64. The lowest BCUT2D eigenvalue weighted by molar-refractivity contribution is -0.154. The molecule has 5 N–H and O–H groups in total. The van der Waals surface area contributed by atoms with Crippen molar-refractivity contribution in [2.45, 2.75) is 70.5 Å². The Balaban J connectivity index is 2.97. The number of nitrogens with two attached hydrogens (primary N) is 1. The van der Waals surface area contributed by atoms with Gasteiger partial charge in [-0.2, -0.15) is 0 Å². The molecule has 0 saturated carbocycles. The Kier molecular flexibility index (Phi) is 13.5. The number of carbonyl (C=O) groups is 4. The van der Waals surface area contributed by atoms with E-state index in [-0.39, 0.29) is 23.9 Å². The third kappa shape index (κ3) is 9.82. The summed E-state index contributed by atoms with van der Waals surface area (Å²) >= 11 is 1.46. The van der Waals surface area contributed by atoms with Crippen LogP contribution >= 0.6 is 11.8 Å². The summed E-state index contributed by atoms with van der Waals surface area (Å²) < 4.78 is 5.39. The molecule has 0 saturated heterocycles. The van der Waals surface area contributed by atoms with Gasteiger partial charge in [-0.15, -0.1) is 11.8 Å². The highest BCUT2D eigenvalue weighted by atomic mass is 32.2. The van der Waals surface area contributed by atoms with Gasteiger partial charge in [0.2, 0.25) is 0 Å². The Morgan fingerprint density at radius 3 is 2.47 bits per heavy atom. The quantitative estimate of drug-likeness (QED) is 0.125. The Labute approximate surface area is 216 Å². The van der Waals surface area contributed by atoms with Gasteiger partial charge in [0.15, 0.2) is 0 Å². The number of nitrogens with one attached hydrogen (secondary N) is 2. The third-order valence-electron chi connectivity index (χ3n) is 5.02. The Morgan fingerprint density at radius 1 is 1.25 bits per heavy atom. The summed E-state index contributed by atoms with van der Waals surface area (Å²) in [5, 5.41) is 14.2. The van der Waals surface area contributed by atoms with Crippen molar-refractivity contribution < 1.29 is 29.0 Å². The SMILES string of the molecule is C/C=C(\NC(=O)c1ccc(SC)c(CN)n1)C(=O)N[C@H](C(=O)O[C@H](/C=C/CCC)CC(=O)O)C(C)C. The Hall–Kier alpha value is -3.18. The molecule has 2 atom stereocenters. The van der Waals surface area contributed by atoms with Crippen LogP contribution in [0.2, 0.25) is 0 Å². The standard InChI is InChI=1S/C25H36N4O6S/c1-6-8-9-10-16(13-21(30)31)35-25(34)22(15(3)4)29-23(32)17(7-2)28-24(33)18-11-12-20(36-5)19(14-26)27-18/h7,9-12,15-16,22H,6,8,13-14,26H2,1-5H3,(H,28,33)(H,29,32)(H,30,31)/b10-9+,17-7-/t16-,22+/m1/s1. The summed E-state index contributed by atoms with van der Waals surface area (Å²) in [5.74, 6) is -3.55. The molecular weight excluding hydrogens is 484 g/mol. The zero-order chi connectivity index (χ0) is 27.3. The second kappa shape index (κ2) is 15.7.